The van der Waals surface area contributed by atoms with E-state index in [9.17, 15) is 4.79 Å². The van der Waals surface area contributed by atoms with Crippen molar-refractivity contribution in [2.24, 2.45) is 0 Å². The molecular formula is C15H16N4O. The van der Waals surface area contributed by atoms with Crippen LogP contribution in [0.4, 0.5) is 0 Å². The Bertz CT molecular complexity index is 810. The minimum atomic E-state index is -0.147. The third-order valence-corrected chi connectivity index (χ3v) is 3.28. The fourth-order valence-corrected chi connectivity index (χ4v) is 2.10. The van der Waals surface area contributed by atoms with Gasteiger partial charge in [-0.05, 0) is 29.2 Å². The molecule has 0 fully saturated rings. The van der Waals surface area contributed by atoms with Gasteiger partial charge in [-0.2, -0.15) is 5.10 Å². The molecule has 102 valence electrons. The van der Waals surface area contributed by atoms with Crippen molar-refractivity contribution in [3.63, 3.8) is 0 Å². The summed E-state index contributed by atoms with van der Waals surface area (Å²) in [5.41, 5.74) is 1.64. The Hall–Kier alpha value is -2.43. The van der Waals surface area contributed by atoms with Crippen molar-refractivity contribution in [2.75, 3.05) is 0 Å². The molecule has 5 heteroatoms. The van der Waals surface area contributed by atoms with E-state index in [1.54, 1.807) is 23.1 Å². The van der Waals surface area contributed by atoms with Crippen molar-refractivity contribution in [3.05, 3.63) is 52.6 Å². The summed E-state index contributed by atoms with van der Waals surface area (Å²) in [5, 5.41) is 4.68. The maximum atomic E-state index is 12.2. The highest BCUT2D eigenvalue weighted by Gasteiger charge is 2.15. The lowest BCUT2D eigenvalue weighted by Crippen LogP contribution is -2.16. The Balaban J connectivity index is 2.23. The highest BCUT2D eigenvalue weighted by molar-refractivity contribution is 5.79. The molecule has 0 spiro atoms. The van der Waals surface area contributed by atoms with Gasteiger partial charge in [0.05, 0.1) is 10.9 Å². The first-order valence-corrected chi connectivity index (χ1v) is 6.50. The van der Waals surface area contributed by atoms with Crippen LogP contribution in [0.1, 0.15) is 26.3 Å². The molecule has 2 aromatic heterocycles. The summed E-state index contributed by atoms with van der Waals surface area (Å²) in [6.07, 6.45) is 3.39. The van der Waals surface area contributed by atoms with Gasteiger partial charge in [-0.15, -0.1) is 0 Å². The number of fused-ring (bicyclic) bond motifs is 1. The number of nitrogens with zero attached hydrogens (tertiary/aromatic N) is 3. The van der Waals surface area contributed by atoms with Crippen LogP contribution in [0.3, 0.4) is 0 Å². The summed E-state index contributed by atoms with van der Waals surface area (Å²) in [6, 6.07) is 7.60. The fraction of sp³-hybridized carbons (Fsp3) is 0.267. The number of aromatic amines is 1. The van der Waals surface area contributed by atoms with Crippen molar-refractivity contribution >= 4 is 10.9 Å². The molecule has 0 aliphatic heterocycles. The topological polar surface area (TPSA) is 63.6 Å². The zero-order valence-electron chi connectivity index (χ0n) is 11.7. The summed E-state index contributed by atoms with van der Waals surface area (Å²) < 4.78 is 1.54. The average Bonchev–Trinajstić information content (AvgIpc) is 2.91. The summed E-state index contributed by atoms with van der Waals surface area (Å²) in [4.78, 5) is 19.4. The predicted molar refractivity (Wildman–Crippen MR) is 78.2 cm³/mol. The Labute approximate surface area is 116 Å². The summed E-state index contributed by atoms with van der Waals surface area (Å²) in [6.45, 7) is 6.36. The normalized spacial score (nSPS) is 11.9. The first-order chi connectivity index (χ1) is 9.45. The van der Waals surface area contributed by atoms with Crippen LogP contribution < -0.4 is 5.56 Å². The summed E-state index contributed by atoms with van der Waals surface area (Å²) in [5.74, 6) is 0.427. The van der Waals surface area contributed by atoms with Gasteiger partial charge in [-0.3, -0.25) is 9.78 Å². The average molecular weight is 268 g/mol. The lowest BCUT2D eigenvalue weighted by molar-refractivity contribution is 0.591. The molecule has 3 rings (SSSR count). The van der Waals surface area contributed by atoms with Crippen molar-refractivity contribution in [3.8, 4) is 5.95 Å². The predicted octanol–water partition coefficient (Wildman–Crippen LogP) is 2.41. The lowest BCUT2D eigenvalue weighted by Gasteiger charge is -2.19. The van der Waals surface area contributed by atoms with E-state index in [2.05, 4.69) is 35.8 Å². The molecule has 0 bridgehead atoms. The van der Waals surface area contributed by atoms with Gasteiger partial charge >= 0.3 is 0 Å². The van der Waals surface area contributed by atoms with Crippen LogP contribution in [-0.2, 0) is 5.41 Å². The van der Waals surface area contributed by atoms with Crippen LogP contribution >= 0.6 is 0 Å². The van der Waals surface area contributed by atoms with Gasteiger partial charge < -0.3 is 0 Å². The number of aromatic nitrogens is 4. The number of hydrogen-bond donors (Lipinski definition) is 1. The molecule has 0 amide bonds. The van der Waals surface area contributed by atoms with E-state index in [-0.39, 0.29) is 11.0 Å². The zero-order chi connectivity index (χ0) is 14.3. The molecule has 0 saturated heterocycles. The first-order valence-electron chi connectivity index (χ1n) is 6.50. The fourth-order valence-electron chi connectivity index (χ4n) is 2.10. The lowest BCUT2D eigenvalue weighted by atomic mass is 9.86. The molecule has 0 saturated carbocycles. The second kappa shape index (κ2) is 4.30. The summed E-state index contributed by atoms with van der Waals surface area (Å²) in [7, 11) is 0. The van der Waals surface area contributed by atoms with Crippen molar-refractivity contribution < 1.29 is 0 Å². The third kappa shape index (κ3) is 2.11. The Morgan fingerprint density at radius 1 is 1.25 bits per heavy atom. The minimum absolute atomic E-state index is 0.00127. The highest BCUT2D eigenvalue weighted by atomic mass is 16.1. The number of nitrogens with one attached hydrogen (secondary N) is 1. The Kier molecular flexibility index (Phi) is 2.71. The van der Waals surface area contributed by atoms with E-state index in [1.165, 1.54) is 0 Å². The number of hydrogen-bond acceptors (Lipinski definition) is 3. The molecule has 0 aliphatic carbocycles. The van der Waals surface area contributed by atoms with Gasteiger partial charge in [0.1, 0.15) is 0 Å². The molecule has 5 nitrogen and oxygen atoms in total. The number of benzene rings is 1. The van der Waals surface area contributed by atoms with Crippen molar-refractivity contribution in [1.29, 1.82) is 0 Å². The minimum Gasteiger partial charge on any atom is -0.290 e. The molecule has 1 N–H and O–H groups in total. The highest BCUT2D eigenvalue weighted by Crippen LogP contribution is 2.24. The van der Waals surface area contributed by atoms with Gasteiger partial charge in [0.15, 0.2) is 0 Å². The number of rotatable bonds is 1. The SMILES string of the molecule is CC(C)(C)c1ccc2nc(-n3cccn3)[nH]c(=O)c2c1. The quantitative estimate of drug-likeness (QED) is 0.737. The van der Waals surface area contributed by atoms with Gasteiger partial charge in [0.2, 0.25) is 5.95 Å². The first kappa shape index (κ1) is 12.6. The Morgan fingerprint density at radius 2 is 2.05 bits per heavy atom. The molecule has 20 heavy (non-hydrogen) atoms. The van der Waals surface area contributed by atoms with E-state index in [4.69, 9.17) is 0 Å². The maximum Gasteiger partial charge on any atom is 0.260 e. The molecule has 0 aliphatic rings. The van der Waals surface area contributed by atoms with Crippen LogP contribution in [0, 0.1) is 0 Å². The van der Waals surface area contributed by atoms with Crippen LogP contribution in [0.5, 0.6) is 0 Å². The van der Waals surface area contributed by atoms with E-state index >= 15 is 0 Å². The van der Waals surface area contributed by atoms with Crippen LogP contribution in [0.2, 0.25) is 0 Å². The molecule has 2 heterocycles. The van der Waals surface area contributed by atoms with Gasteiger partial charge in [-0.1, -0.05) is 26.8 Å². The standard InChI is InChI=1S/C15H16N4O/c1-15(2,3)10-5-6-12-11(9-10)13(20)18-14(17-12)19-8-4-7-16-19/h4-9H,1-3H3,(H,17,18,20). The molecule has 0 radical (unpaired) electrons. The van der Waals surface area contributed by atoms with Crippen LogP contribution in [-0.4, -0.2) is 19.7 Å². The zero-order valence-corrected chi connectivity index (χ0v) is 11.7. The molecule has 3 aromatic rings. The second-order valence-electron chi connectivity index (χ2n) is 5.82. The van der Waals surface area contributed by atoms with Crippen molar-refractivity contribution in [2.45, 2.75) is 26.2 Å². The monoisotopic (exact) mass is 268 g/mol. The van der Waals surface area contributed by atoms with E-state index in [0.29, 0.717) is 16.9 Å². The van der Waals surface area contributed by atoms with E-state index < -0.39 is 0 Å². The van der Waals surface area contributed by atoms with Crippen molar-refractivity contribution in [1.82, 2.24) is 19.7 Å². The smallest absolute Gasteiger partial charge is 0.260 e. The Morgan fingerprint density at radius 3 is 2.70 bits per heavy atom. The van der Waals surface area contributed by atoms with E-state index in [1.807, 2.05) is 18.2 Å². The maximum absolute atomic E-state index is 12.2. The number of H-pyrrole nitrogens is 1. The van der Waals surface area contributed by atoms with Gasteiger partial charge in [0, 0.05) is 12.4 Å². The van der Waals surface area contributed by atoms with Crippen LogP contribution in [0.15, 0.2) is 41.5 Å². The van der Waals surface area contributed by atoms with E-state index in [0.717, 1.165) is 5.56 Å². The molecular weight excluding hydrogens is 252 g/mol. The summed E-state index contributed by atoms with van der Waals surface area (Å²) >= 11 is 0. The second-order valence-corrected chi connectivity index (χ2v) is 5.82. The van der Waals surface area contributed by atoms with Gasteiger partial charge in [-0.25, -0.2) is 9.67 Å². The molecule has 0 unspecified atom stereocenters. The molecule has 0 atom stereocenters. The third-order valence-electron chi connectivity index (χ3n) is 3.28. The largest absolute Gasteiger partial charge is 0.290 e. The van der Waals surface area contributed by atoms with Crippen LogP contribution in [0.25, 0.3) is 16.9 Å². The molecule has 1 aromatic carbocycles. The van der Waals surface area contributed by atoms with Gasteiger partial charge in [0.25, 0.3) is 5.56 Å².